The summed E-state index contributed by atoms with van der Waals surface area (Å²) in [5.41, 5.74) is 2.24. The van der Waals surface area contributed by atoms with Crippen molar-refractivity contribution < 1.29 is 4.79 Å². The summed E-state index contributed by atoms with van der Waals surface area (Å²) < 4.78 is 1.54. The summed E-state index contributed by atoms with van der Waals surface area (Å²) in [6, 6.07) is 14.9. The lowest BCUT2D eigenvalue weighted by molar-refractivity contribution is 0.0992. The van der Waals surface area contributed by atoms with Gasteiger partial charge in [-0.2, -0.15) is 0 Å². The minimum absolute atomic E-state index is 0.119. The van der Waals surface area contributed by atoms with Crippen LogP contribution in [-0.2, 0) is 0 Å². The fourth-order valence-electron chi connectivity index (χ4n) is 3.05. The second kappa shape index (κ2) is 6.38. The fraction of sp³-hybridized carbons (Fsp3) is 0.150. The van der Waals surface area contributed by atoms with E-state index in [2.05, 4.69) is 4.98 Å². The summed E-state index contributed by atoms with van der Waals surface area (Å²) in [4.78, 5) is 33.2. The number of aromatic nitrogens is 2. The van der Waals surface area contributed by atoms with Crippen molar-refractivity contribution in [2.75, 3.05) is 11.4 Å². The Balaban J connectivity index is 1.86. The molecule has 26 heavy (non-hydrogen) atoms. The van der Waals surface area contributed by atoms with Crippen LogP contribution in [0.25, 0.3) is 15.9 Å². The molecule has 1 aromatic carbocycles. The number of rotatable bonds is 3. The van der Waals surface area contributed by atoms with E-state index in [-0.39, 0.29) is 11.5 Å². The third-order valence-corrected chi connectivity index (χ3v) is 5.39. The molecule has 0 spiro atoms. The van der Waals surface area contributed by atoms with E-state index in [1.54, 1.807) is 17.2 Å². The first-order valence-corrected chi connectivity index (χ1v) is 9.20. The van der Waals surface area contributed by atoms with Crippen molar-refractivity contribution >= 4 is 38.8 Å². The van der Waals surface area contributed by atoms with E-state index in [1.165, 1.54) is 15.7 Å². The molecule has 0 aliphatic heterocycles. The number of carbonyl (C=O) groups is 1. The van der Waals surface area contributed by atoms with Crippen molar-refractivity contribution in [1.82, 2.24) is 9.38 Å². The molecule has 5 nitrogen and oxygen atoms in total. The number of pyridine rings is 1. The quantitative estimate of drug-likeness (QED) is 0.555. The molecule has 3 aromatic heterocycles. The number of hydrogen-bond donors (Lipinski definition) is 0. The second-order valence-corrected chi connectivity index (χ2v) is 7.05. The highest BCUT2D eigenvalue weighted by Gasteiger charge is 2.20. The number of nitrogens with zero attached hydrogens (tertiary/aromatic N) is 3. The average molecular weight is 363 g/mol. The van der Waals surface area contributed by atoms with Gasteiger partial charge in [-0.15, -0.1) is 11.3 Å². The van der Waals surface area contributed by atoms with Crippen LogP contribution in [0.1, 0.15) is 22.2 Å². The number of thiophene rings is 1. The van der Waals surface area contributed by atoms with Crippen molar-refractivity contribution in [1.29, 1.82) is 0 Å². The van der Waals surface area contributed by atoms with Crippen LogP contribution in [0.15, 0.2) is 59.5 Å². The molecule has 0 unspecified atom stereocenters. The number of amides is 1. The Kier molecular flexibility index (Phi) is 4.05. The lowest BCUT2D eigenvalue weighted by Gasteiger charge is -2.20. The average Bonchev–Trinajstić information content (AvgIpc) is 3.09. The molecule has 0 saturated heterocycles. The van der Waals surface area contributed by atoms with E-state index in [1.807, 2.05) is 56.3 Å². The maximum absolute atomic E-state index is 13.0. The van der Waals surface area contributed by atoms with Crippen molar-refractivity contribution in [3.8, 4) is 0 Å². The minimum Gasteiger partial charge on any atom is -0.308 e. The number of benzene rings is 1. The Morgan fingerprint density at radius 3 is 2.69 bits per heavy atom. The molecule has 0 atom stereocenters. The van der Waals surface area contributed by atoms with Gasteiger partial charge in [0.25, 0.3) is 11.5 Å². The van der Waals surface area contributed by atoms with Gasteiger partial charge in [-0.3, -0.25) is 14.0 Å². The molecule has 130 valence electrons. The maximum Gasteiger partial charge on any atom is 0.268 e. The van der Waals surface area contributed by atoms with Crippen molar-refractivity contribution in [3.05, 3.63) is 75.5 Å². The van der Waals surface area contributed by atoms with Gasteiger partial charge >= 0.3 is 0 Å². The zero-order valence-corrected chi connectivity index (χ0v) is 15.3. The zero-order valence-electron chi connectivity index (χ0n) is 14.5. The van der Waals surface area contributed by atoms with Gasteiger partial charge in [0.15, 0.2) is 0 Å². The molecule has 1 amide bonds. The standard InChI is InChI=1S/C20H17N3O2S/c1-3-22(14-9-5-4-6-10-14)20(25)16-12-15-18(26-16)21-17-13(2)8-7-11-23(17)19(15)24/h4-12H,3H2,1-2H3. The largest absolute Gasteiger partial charge is 0.308 e. The van der Waals surface area contributed by atoms with Crippen LogP contribution < -0.4 is 10.5 Å². The molecule has 0 bridgehead atoms. The van der Waals surface area contributed by atoms with Crippen LogP contribution in [0, 0.1) is 6.92 Å². The molecule has 3 heterocycles. The monoisotopic (exact) mass is 363 g/mol. The Bertz CT molecular complexity index is 1180. The molecular weight excluding hydrogens is 346 g/mol. The van der Waals surface area contributed by atoms with E-state index in [0.29, 0.717) is 27.3 Å². The Morgan fingerprint density at radius 1 is 1.19 bits per heavy atom. The number of carbonyl (C=O) groups excluding carboxylic acids is 1. The summed E-state index contributed by atoms with van der Waals surface area (Å²) in [5, 5.41) is 0.477. The van der Waals surface area contributed by atoms with Gasteiger partial charge in [0, 0.05) is 18.4 Å². The molecule has 4 rings (SSSR count). The SMILES string of the molecule is CCN(C(=O)c1cc2c(=O)n3cccc(C)c3nc2s1)c1ccccc1. The van der Waals surface area contributed by atoms with Gasteiger partial charge in [-0.25, -0.2) is 4.98 Å². The highest BCUT2D eigenvalue weighted by molar-refractivity contribution is 7.20. The zero-order chi connectivity index (χ0) is 18.3. The molecule has 0 fully saturated rings. The molecule has 0 aliphatic carbocycles. The minimum atomic E-state index is -0.147. The number of anilines is 1. The number of hydrogen-bond acceptors (Lipinski definition) is 4. The third-order valence-electron chi connectivity index (χ3n) is 4.37. The van der Waals surface area contributed by atoms with Crippen LogP contribution >= 0.6 is 11.3 Å². The Hall–Kier alpha value is -2.99. The summed E-state index contributed by atoms with van der Waals surface area (Å²) in [5.74, 6) is -0.119. The number of fused-ring (bicyclic) bond motifs is 2. The number of para-hydroxylation sites is 1. The van der Waals surface area contributed by atoms with Crippen molar-refractivity contribution in [3.63, 3.8) is 0 Å². The maximum atomic E-state index is 13.0. The van der Waals surface area contributed by atoms with Gasteiger partial charge in [-0.1, -0.05) is 24.3 Å². The van der Waals surface area contributed by atoms with E-state index in [4.69, 9.17) is 0 Å². The fourth-order valence-corrected chi connectivity index (χ4v) is 4.02. The van der Waals surface area contributed by atoms with Gasteiger partial charge < -0.3 is 4.90 Å². The highest BCUT2D eigenvalue weighted by Crippen LogP contribution is 2.26. The van der Waals surface area contributed by atoms with Gasteiger partial charge in [0.2, 0.25) is 0 Å². The molecule has 6 heteroatoms. The lowest BCUT2D eigenvalue weighted by atomic mass is 10.2. The molecule has 0 aliphatic rings. The topological polar surface area (TPSA) is 54.7 Å². The van der Waals surface area contributed by atoms with Crippen LogP contribution in [0.2, 0.25) is 0 Å². The molecule has 0 saturated carbocycles. The Morgan fingerprint density at radius 2 is 1.96 bits per heavy atom. The molecule has 0 N–H and O–H groups in total. The van der Waals surface area contributed by atoms with Crippen molar-refractivity contribution in [2.24, 2.45) is 0 Å². The van der Waals surface area contributed by atoms with E-state index >= 15 is 0 Å². The predicted molar refractivity (Wildman–Crippen MR) is 105 cm³/mol. The van der Waals surface area contributed by atoms with E-state index in [9.17, 15) is 9.59 Å². The first kappa shape index (κ1) is 16.5. The van der Waals surface area contributed by atoms with Gasteiger partial charge in [0.05, 0.1) is 10.3 Å². The second-order valence-electron chi connectivity index (χ2n) is 6.02. The van der Waals surface area contributed by atoms with Crippen molar-refractivity contribution in [2.45, 2.75) is 13.8 Å². The van der Waals surface area contributed by atoms with Gasteiger partial charge in [0.1, 0.15) is 10.5 Å². The van der Waals surface area contributed by atoms with E-state index < -0.39 is 0 Å². The summed E-state index contributed by atoms with van der Waals surface area (Å²) >= 11 is 1.27. The predicted octanol–water partition coefficient (Wildman–Crippen LogP) is 3.88. The Labute approximate surface area is 154 Å². The van der Waals surface area contributed by atoms with Crippen LogP contribution in [0.4, 0.5) is 5.69 Å². The smallest absolute Gasteiger partial charge is 0.268 e. The third kappa shape index (κ3) is 2.59. The van der Waals surface area contributed by atoms with Crippen LogP contribution in [0.5, 0.6) is 0 Å². The summed E-state index contributed by atoms with van der Waals surface area (Å²) in [6.45, 7) is 4.40. The normalized spacial score (nSPS) is 11.2. The molecule has 4 aromatic rings. The summed E-state index contributed by atoms with van der Waals surface area (Å²) in [6.07, 6.45) is 1.71. The lowest BCUT2D eigenvalue weighted by Crippen LogP contribution is -2.29. The highest BCUT2D eigenvalue weighted by atomic mass is 32.1. The first-order valence-electron chi connectivity index (χ1n) is 8.38. The molecular formula is C20H17N3O2S. The van der Waals surface area contributed by atoms with Crippen LogP contribution in [-0.4, -0.2) is 21.8 Å². The molecule has 0 radical (unpaired) electrons. The summed E-state index contributed by atoms with van der Waals surface area (Å²) in [7, 11) is 0. The number of aryl methyl sites for hydroxylation is 1. The van der Waals surface area contributed by atoms with Gasteiger partial charge in [-0.05, 0) is 43.7 Å². The van der Waals surface area contributed by atoms with Crippen LogP contribution in [0.3, 0.4) is 0 Å². The first-order chi connectivity index (χ1) is 12.6. The van der Waals surface area contributed by atoms with E-state index in [0.717, 1.165) is 11.3 Å².